The highest BCUT2D eigenvalue weighted by Crippen LogP contribution is 2.36. The zero-order valence-corrected chi connectivity index (χ0v) is 19.7. The number of ether oxygens (including phenoxy) is 1. The lowest BCUT2D eigenvalue weighted by molar-refractivity contribution is -0.305. The molecular formula is C25H25N4O3S-. The van der Waals surface area contributed by atoms with E-state index < -0.39 is 5.97 Å². The van der Waals surface area contributed by atoms with E-state index in [-0.39, 0.29) is 12.5 Å². The summed E-state index contributed by atoms with van der Waals surface area (Å²) in [7, 11) is 0. The molecule has 0 spiro atoms. The number of nitriles is 1. The van der Waals surface area contributed by atoms with E-state index in [2.05, 4.69) is 40.2 Å². The van der Waals surface area contributed by atoms with Crippen molar-refractivity contribution in [1.29, 1.82) is 5.26 Å². The molecule has 1 aliphatic rings. The number of benzene rings is 2. The number of carbonyl (C=O) groups is 1. The molecular weight excluding hydrogens is 436 g/mol. The van der Waals surface area contributed by atoms with Crippen LogP contribution >= 0.6 is 11.3 Å². The van der Waals surface area contributed by atoms with Gasteiger partial charge in [-0.3, -0.25) is 4.90 Å². The average molecular weight is 462 g/mol. The van der Waals surface area contributed by atoms with Crippen LogP contribution in [0.4, 0.5) is 0 Å². The first kappa shape index (κ1) is 22.9. The molecule has 0 atom stereocenters. The van der Waals surface area contributed by atoms with Gasteiger partial charge in [0.1, 0.15) is 21.8 Å². The Morgan fingerprint density at radius 3 is 2.79 bits per heavy atom. The number of carboxylic acids is 1. The van der Waals surface area contributed by atoms with E-state index >= 15 is 0 Å². The van der Waals surface area contributed by atoms with Crippen LogP contribution in [0.3, 0.4) is 0 Å². The molecule has 0 saturated heterocycles. The smallest absolute Gasteiger partial charge is 0.148 e. The van der Waals surface area contributed by atoms with Crippen molar-refractivity contribution in [3.8, 4) is 33.0 Å². The molecule has 4 rings (SSSR count). The fourth-order valence-corrected chi connectivity index (χ4v) is 5.05. The van der Waals surface area contributed by atoms with Crippen LogP contribution in [-0.4, -0.2) is 40.3 Å². The molecule has 0 amide bonds. The average Bonchev–Trinajstić information content (AvgIpc) is 3.27. The van der Waals surface area contributed by atoms with Crippen LogP contribution in [0.2, 0.25) is 0 Å². The van der Waals surface area contributed by atoms with Gasteiger partial charge in [-0.25, -0.2) is 0 Å². The van der Waals surface area contributed by atoms with Crippen LogP contribution < -0.4 is 9.84 Å². The van der Waals surface area contributed by atoms with E-state index in [9.17, 15) is 15.2 Å². The van der Waals surface area contributed by atoms with E-state index in [0.717, 1.165) is 40.7 Å². The highest BCUT2D eigenvalue weighted by molar-refractivity contribution is 7.17. The van der Waals surface area contributed by atoms with E-state index in [4.69, 9.17) is 4.74 Å². The number of carboxylic acid groups (broad SMARTS) is 1. The van der Waals surface area contributed by atoms with Crippen molar-refractivity contribution < 1.29 is 14.6 Å². The fourth-order valence-electron chi connectivity index (χ4n) is 4.13. The largest absolute Gasteiger partial charge is 0.550 e. The van der Waals surface area contributed by atoms with Crippen molar-refractivity contribution in [3.05, 3.63) is 52.6 Å². The highest BCUT2D eigenvalue weighted by atomic mass is 32.1. The van der Waals surface area contributed by atoms with Crippen LogP contribution in [-0.2, 0) is 17.8 Å². The number of hydrogen-bond donors (Lipinski definition) is 0. The Kier molecular flexibility index (Phi) is 6.72. The molecule has 0 fully saturated rings. The standard InChI is InChI=1S/C25H26N4O3S/c1-15(2)32-22-7-5-17(12-19(22)13-26)24-27-28-25(33-24)21-6-4-18-14-29(11-9-23(30)31)10-8-20(18)16(21)3/h4-7,12,15H,8-11,14H2,1-3H3,(H,30,31)/p-1. The van der Waals surface area contributed by atoms with Gasteiger partial charge in [-0.15, -0.1) is 10.2 Å². The summed E-state index contributed by atoms with van der Waals surface area (Å²) in [6, 6.07) is 11.9. The normalized spacial score (nSPS) is 13.5. The molecule has 3 aromatic rings. The van der Waals surface area contributed by atoms with E-state index in [1.807, 2.05) is 26.0 Å². The SMILES string of the molecule is Cc1c(-c2nnc(-c3ccc(OC(C)C)c(C#N)c3)s2)ccc2c1CCN(CCC(=O)[O-])C2. The van der Waals surface area contributed by atoms with E-state index in [1.54, 1.807) is 6.07 Å². The molecule has 2 heterocycles. The summed E-state index contributed by atoms with van der Waals surface area (Å²) >= 11 is 1.50. The number of rotatable bonds is 7. The quantitative estimate of drug-likeness (QED) is 0.532. The third-order valence-electron chi connectivity index (χ3n) is 5.76. The Balaban J connectivity index is 1.57. The van der Waals surface area contributed by atoms with E-state index in [1.165, 1.54) is 28.0 Å². The van der Waals surface area contributed by atoms with Crippen molar-refractivity contribution >= 4 is 17.3 Å². The molecule has 0 saturated carbocycles. The molecule has 1 aliphatic heterocycles. The molecule has 0 aliphatic carbocycles. The minimum absolute atomic E-state index is 0.00989. The Hall–Kier alpha value is -3.28. The predicted octanol–water partition coefficient (Wildman–Crippen LogP) is 3.34. The minimum Gasteiger partial charge on any atom is -0.550 e. The molecule has 33 heavy (non-hydrogen) atoms. The lowest BCUT2D eigenvalue weighted by Gasteiger charge is -2.30. The van der Waals surface area contributed by atoms with Crippen LogP contribution in [0.25, 0.3) is 21.1 Å². The number of hydrogen-bond acceptors (Lipinski definition) is 8. The van der Waals surface area contributed by atoms with Gasteiger partial charge >= 0.3 is 0 Å². The summed E-state index contributed by atoms with van der Waals surface area (Å²) in [5.41, 5.74) is 6.09. The Bertz CT molecular complexity index is 1230. The second-order valence-electron chi connectivity index (χ2n) is 8.43. The van der Waals surface area contributed by atoms with Gasteiger partial charge in [-0.05, 0) is 68.5 Å². The van der Waals surface area contributed by atoms with Gasteiger partial charge < -0.3 is 14.6 Å². The summed E-state index contributed by atoms with van der Waals surface area (Å²) in [6.45, 7) is 8.04. The van der Waals surface area contributed by atoms with Crippen molar-refractivity contribution in [2.45, 2.75) is 46.3 Å². The highest BCUT2D eigenvalue weighted by Gasteiger charge is 2.21. The molecule has 8 heteroatoms. The third kappa shape index (κ3) is 5.05. The van der Waals surface area contributed by atoms with Gasteiger partial charge in [0.05, 0.1) is 11.7 Å². The molecule has 0 N–H and O–H groups in total. The molecule has 7 nitrogen and oxygen atoms in total. The van der Waals surface area contributed by atoms with Crippen LogP contribution in [0.5, 0.6) is 5.75 Å². The molecule has 0 bridgehead atoms. The molecule has 0 radical (unpaired) electrons. The van der Waals surface area contributed by atoms with Crippen LogP contribution in [0.15, 0.2) is 30.3 Å². The zero-order chi connectivity index (χ0) is 23.5. The first-order valence-electron chi connectivity index (χ1n) is 10.9. The lowest BCUT2D eigenvalue weighted by Crippen LogP contribution is -2.35. The summed E-state index contributed by atoms with van der Waals surface area (Å²) in [4.78, 5) is 12.9. The second-order valence-corrected chi connectivity index (χ2v) is 9.40. The lowest BCUT2D eigenvalue weighted by atomic mass is 9.92. The van der Waals surface area contributed by atoms with Crippen LogP contribution in [0, 0.1) is 18.3 Å². The fraction of sp³-hybridized carbons (Fsp3) is 0.360. The summed E-state index contributed by atoms with van der Waals surface area (Å²) in [5.74, 6) is -0.441. The van der Waals surface area contributed by atoms with E-state index in [0.29, 0.717) is 17.9 Å². The van der Waals surface area contributed by atoms with Gasteiger partial charge in [0.25, 0.3) is 0 Å². The number of nitrogens with zero attached hydrogens (tertiary/aromatic N) is 4. The maximum atomic E-state index is 10.8. The van der Waals surface area contributed by atoms with Gasteiger partial charge in [-0.2, -0.15) is 5.26 Å². The third-order valence-corrected chi connectivity index (χ3v) is 6.77. The second kappa shape index (κ2) is 9.69. The topological polar surface area (TPSA) is 102 Å². The number of aliphatic carboxylic acids is 1. The molecule has 2 aromatic carbocycles. The van der Waals surface area contributed by atoms with Crippen molar-refractivity contribution in [1.82, 2.24) is 15.1 Å². The predicted molar refractivity (Wildman–Crippen MR) is 125 cm³/mol. The van der Waals surface area contributed by atoms with Gasteiger partial charge in [-0.1, -0.05) is 23.5 Å². The Morgan fingerprint density at radius 2 is 2.06 bits per heavy atom. The summed E-state index contributed by atoms with van der Waals surface area (Å²) in [5, 5.41) is 30.7. The number of fused-ring (bicyclic) bond motifs is 1. The summed E-state index contributed by atoms with van der Waals surface area (Å²) < 4.78 is 5.71. The summed E-state index contributed by atoms with van der Waals surface area (Å²) in [6.07, 6.45) is 0.915. The van der Waals surface area contributed by atoms with Crippen molar-refractivity contribution in [3.63, 3.8) is 0 Å². The zero-order valence-electron chi connectivity index (χ0n) is 18.9. The van der Waals surface area contributed by atoms with Crippen molar-refractivity contribution in [2.24, 2.45) is 0 Å². The molecule has 170 valence electrons. The van der Waals surface area contributed by atoms with Gasteiger partial charge in [0.15, 0.2) is 0 Å². The van der Waals surface area contributed by atoms with Gasteiger partial charge in [0, 0.05) is 36.7 Å². The maximum absolute atomic E-state index is 10.8. The Morgan fingerprint density at radius 1 is 1.27 bits per heavy atom. The molecule has 1 aromatic heterocycles. The van der Waals surface area contributed by atoms with Gasteiger partial charge in [0.2, 0.25) is 0 Å². The van der Waals surface area contributed by atoms with Crippen molar-refractivity contribution in [2.75, 3.05) is 13.1 Å². The monoisotopic (exact) mass is 461 g/mol. The first-order valence-corrected chi connectivity index (χ1v) is 11.8. The minimum atomic E-state index is -1.01. The van der Waals surface area contributed by atoms with Crippen LogP contribution in [0.1, 0.15) is 42.5 Å². The number of aromatic nitrogens is 2. The molecule has 0 unspecified atom stereocenters. The maximum Gasteiger partial charge on any atom is 0.148 e. The Labute approximate surface area is 197 Å². The first-order chi connectivity index (χ1) is 15.9. The number of carbonyl (C=O) groups excluding carboxylic acids is 1.